The number of aromatic nitrogens is 1. The highest BCUT2D eigenvalue weighted by molar-refractivity contribution is 5.88. The van der Waals surface area contributed by atoms with Crippen molar-refractivity contribution in [3.05, 3.63) is 53.2 Å². The quantitative estimate of drug-likeness (QED) is 0.826. The molecule has 5 nitrogen and oxygen atoms in total. The number of esters is 1. The molecule has 0 aliphatic carbocycles. The number of anilines is 2. The Labute approximate surface area is 124 Å². The number of nitrogens with zero attached hydrogens (tertiary/aromatic N) is 1. The Balaban J connectivity index is 2.17. The maximum absolute atomic E-state index is 11.5. The van der Waals surface area contributed by atoms with Crippen molar-refractivity contribution in [2.45, 2.75) is 19.9 Å². The van der Waals surface area contributed by atoms with Gasteiger partial charge in [0.15, 0.2) is 5.69 Å². The van der Waals surface area contributed by atoms with Crippen molar-refractivity contribution in [1.82, 2.24) is 4.98 Å². The SMILES string of the molecule is CCc1ccccc1CNc1nc(C(=O)OC)ccc1N. The molecule has 0 radical (unpaired) electrons. The van der Waals surface area contributed by atoms with Crippen LogP contribution in [-0.2, 0) is 17.7 Å². The van der Waals surface area contributed by atoms with Crippen LogP contribution in [0.15, 0.2) is 36.4 Å². The van der Waals surface area contributed by atoms with Crippen LogP contribution in [0.4, 0.5) is 11.5 Å². The number of nitrogen functional groups attached to an aromatic ring is 1. The molecule has 0 unspecified atom stereocenters. The number of nitrogens with two attached hydrogens (primary N) is 1. The third-order valence-electron chi connectivity index (χ3n) is 3.27. The molecule has 0 aliphatic heterocycles. The molecule has 0 atom stereocenters. The Hall–Kier alpha value is -2.56. The normalized spacial score (nSPS) is 10.2. The van der Waals surface area contributed by atoms with E-state index in [1.165, 1.54) is 18.2 Å². The molecule has 0 amide bonds. The number of nitrogens with one attached hydrogen (secondary N) is 1. The van der Waals surface area contributed by atoms with Gasteiger partial charge in [-0.05, 0) is 29.7 Å². The van der Waals surface area contributed by atoms with Gasteiger partial charge in [-0.15, -0.1) is 0 Å². The maximum Gasteiger partial charge on any atom is 0.356 e. The molecule has 110 valence electrons. The van der Waals surface area contributed by atoms with Gasteiger partial charge in [-0.2, -0.15) is 0 Å². The minimum Gasteiger partial charge on any atom is -0.464 e. The monoisotopic (exact) mass is 285 g/mol. The number of rotatable bonds is 5. The molecular formula is C16H19N3O2. The molecule has 5 heteroatoms. The van der Waals surface area contributed by atoms with Crippen LogP contribution in [0.5, 0.6) is 0 Å². The van der Waals surface area contributed by atoms with Crippen molar-refractivity contribution in [2.24, 2.45) is 0 Å². The van der Waals surface area contributed by atoms with E-state index in [0.717, 1.165) is 6.42 Å². The van der Waals surface area contributed by atoms with Gasteiger partial charge < -0.3 is 15.8 Å². The minimum atomic E-state index is -0.480. The lowest BCUT2D eigenvalue weighted by Crippen LogP contribution is -2.10. The maximum atomic E-state index is 11.5. The van der Waals surface area contributed by atoms with E-state index in [2.05, 4.69) is 34.1 Å². The molecular weight excluding hydrogens is 266 g/mol. The van der Waals surface area contributed by atoms with Crippen LogP contribution in [0.1, 0.15) is 28.5 Å². The number of ether oxygens (including phenoxy) is 1. The van der Waals surface area contributed by atoms with Crippen LogP contribution in [0.2, 0.25) is 0 Å². The number of carbonyl (C=O) groups is 1. The fourth-order valence-corrected chi connectivity index (χ4v) is 2.08. The van der Waals surface area contributed by atoms with Crippen LogP contribution in [-0.4, -0.2) is 18.1 Å². The van der Waals surface area contributed by atoms with E-state index in [1.807, 2.05) is 12.1 Å². The second kappa shape index (κ2) is 6.74. The average Bonchev–Trinajstić information content (AvgIpc) is 2.53. The van der Waals surface area contributed by atoms with Crippen molar-refractivity contribution in [2.75, 3.05) is 18.2 Å². The van der Waals surface area contributed by atoms with Crippen molar-refractivity contribution < 1.29 is 9.53 Å². The number of hydrogen-bond acceptors (Lipinski definition) is 5. The number of hydrogen-bond donors (Lipinski definition) is 2. The summed E-state index contributed by atoms with van der Waals surface area (Å²) in [5.41, 5.74) is 9.08. The Morgan fingerprint density at radius 2 is 1.95 bits per heavy atom. The van der Waals surface area contributed by atoms with Crippen LogP contribution in [0.25, 0.3) is 0 Å². The minimum absolute atomic E-state index is 0.234. The number of carbonyl (C=O) groups excluding carboxylic acids is 1. The lowest BCUT2D eigenvalue weighted by Gasteiger charge is -2.12. The topological polar surface area (TPSA) is 77.2 Å². The summed E-state index contributed by atoms with van der Waals surface area (Å²) in [6.07, 6.45) is 0.961. The van der Waals surface area contributed by atoms with E-state index in [1.54, 1.807) is 12.1 Å². The zero-order valence-corrected chi connectivity index (χ0v) is 12.2. The lowest BCUT2D eigenvalue weighted by atomic mass is 10.1. The third-order valence-corrected chi connectivity index (χ3v) is 3.27. The van der Waals surface area contributed by atoms with Gasteiger partial charge in [0, 0.05) is 6.54 Å². The Morgan fingerprint density at radius 1 is 1.24 bits per heavy atom. The van der Waals surface area contributed by atoms with Gasteiger partial charge in [0.1, 0.15) is 5.82 Å². The molecule has 0 saturated carbocycles. The molecule has 1 aromatic heterocycles. The van der Waals surface area contributed by atoms with Crippen molar-refractivity contribution >= 4 is 17.5 Å². The summed E-state index contributed by atoms with van der Waals surface area (Å²) in [6.45, 7) is 2.72. The van der Waals surface area contributed by atoms with Crippen molar-refractivity contribution in [1.29, 1.82) is 0 Å². The molecule has 2 aromatic rings. The smallest absolute Gasteiger partial charge is 0.356 e. The zero-order valence-electron chi connectivity index (χ0n) is 12.2. The highest BCUT2D eigenvalue weighted by Crippen LogP contribution is 2.18. The standard InChI is InChI=1S/C16H19N3O2/c1-3-11-6-4-5-7-12(11)10-18-15-13(17)8-9-14(19-15)16(20)21-2/h4-9H,3,10,17H2,1-2H3,(H,18,19). The predicted molar refractivity (Wildman–Crippen MR) is 83.1 cm³/mol. The van der Waals surface area contributed by atoms with E-state index in [0.29, 0.717) is 18.1 Å². The van der Waals surface area contributed by atoms with E-state index in [9.17, 15) is 4.79 Å². The van der Waals surface area contributed by atoms with Gasteiger partial charge in [0.2, 0.25) is 0 Å². The molecule has 21 heavy (non-hydrogen) atoms. The van der Waals surface area contributed by atoms with E-state index >= 15 is 0 Å². The lowest BCUT2D eigenvalue weighted by molar-refractivity contribution is 0.0594. The van der Waals surface area contributed by atoms with E-state index < -0.39 is 5.97 Å². The molecule has 2 rings (SSSR count). The zero-order chi connectivity index (χ0) is 15.2. The highest BCUT2D eigenvalue weighted by Gasteiger charge is 2.10. The molecule has 1 aromatic carbocycles. The van der Waals surface area contributed by atoms with Crippen LogP contribution < -0.4 is 11.1 Å². The molecule has 0 fully saturated rings. The summed E-state index contributed by atoms with van der Waals surface area (Å²) in [7, 11) is 1.32. The van der Waals surface area contributed by atoms with Crippen molar-refractivity contribution in [3.8, 4) is 0 Å². The van der Waals surface area contributed by atoms with E-state index in [-0.39, 0.29) is 5.69 Å². The fraction of sp³-hybridized carbons (Fsp3) is 0.250. The molecule has 3 N–H and O–H groups in total. The summed E-state index contributed by atoms with van der Waals surface area (Å²) >= 11 is 0. The summed E-state index contributed by atoms with van der Waals surface area (Å²) in [6, 6.07) is 11.4. The third kappa shape index (κ3) is 3.51. The molecule has 0 aliphatic rings. The first-order chi connectivity index (χ1) is 10.2. The molecule has 0 bridgehead atoms. The average molecular weight is 285 g/mol. The largest absolute Gasteiger partial charge is 0.464 e. The first kappa shape index (κ1) is 14.8. The van der Waals surface area contributed by atoms with E-state index in [4.69, 9.17) is 5.73 Å². The van der Waals surface area contributed by atoms with Gasteiger partial charge in [-0.1, -0.05) is 31.2 Å². The van der Waals surface area contributed by atoms with Crippen LogP contribution in [0.3, 0.4) is 0 Å². The number of pyridine rings is 1. The first-order valence-electron chi connectivity index (χ1n) is 6.81. The summed E-state index contributed by atoms with van der Waals surface area (Å²) in [4.78, 5) is 15.7. The Bertz CT molecular complexity index is 641. The van der Waals surface area contributed by atoms with Crippen LogP contribution >= 0.6 is 0 Å². The van der Waals surface area contributed by atoms with Crippen molar-refractivity contribution in [3.63, 3.8) is 0 Å². The number of aryl methyl sites for hydroxylation is 1. The molecule has 1 heterocycles. The second-order valence-corrected chi connectivity index (χ2v) is 4.60. The molecule has 0 saturated heterocycles. The summed E-state index contributed by atoms with van der Waals surface area (Å²) in [5.74, 6) is 0.0100. The van der Waals surface area contributed by atoms with Gasteiger partial charge in [0.25, 0.3) is 0 Å². The predicted octanol–water partition coefficient (Wildman–Crippen LogP) is 2.62. The Morgan fingerprint density at radius 3 is 2.62 bits per heavy atom. The van der Waals surface area contributed by atoms with Gasteiger partial charge in [-0.3, -0.25) is 0 Å². The van der Waals surface area contributed by atoms with Crippen LogP contribution in [0, 0.1) is 0 Å². The Kier molecular flexibility index (Phi) is 4.77. The fourth-order valence-electron chi connectivity index (χ4n) is 2.08. The summed E-state index contributed by atoms with van der Waals surface area (Å²) in [5, 5.41) is 3.18. The number of methoxy groups -OCH3 is 1. The summed E-state index contributed by atoms with van der Waals surface area (Å²) < 4.78 is 4.66. The first-order valence-corrected chi connectivity index (χ1v) is 6.81. The highest BCUT2D eigenvalue weighted by atomic mass is 16.5. The van der Waals surface area contributed by atoms with Gasteiger partial charge >= 0.3 is 5.97 Å². The molecule has 0 spiro atoms. The van der Waals surface area contributed by atoms with Gasteiger partial charge in [-0.25, -0.2) is 9.78 Å². The number of benzene rings is 1. The van der Waals surface area contributed by atoms with Gasteiger partial charge in [0.05, 0.1) is 12.8 Å². The second-order valence-electron chi connectivity index (χ2n) is 4.60.